The standard InChI is InChI=1S/C16H13N3OS2.C5H10/c1-3-10(2)12-6-8-22-14-13(12)15(20)19(16(21)18-14)11-5-4-7-17-9-11;1-3-5-4-2/h3-9,12H,1-2H2,(H,18,21);3,5H,4H2,1-2H3/b;5-3-. The third kappa shape index (κ3) is 4.84. The number of nitrogens with zero attached hydrogens (tertiary/aromatic N) is 2. The van der Waals surface area contributed by atoms with Crippen LogP contribution in [0.15, 0.2) is 82.8 Å². The fourth-order valence-electron chi connectivity index (χ4n) is 2.57. The van der Waals surface area contributed by atoms with E-state index in [0.29, 0.717) is 16.0 Å². The summed E-state index contributed by atoms with van der Waals surface area (Å²) in [5.74, 6) is -0.198. The summed E-state index contributed by atoms with van der Waals surface area (Å²) in [4.78, 5) is 20.2. The number of pyridine rings is 1. The Labute approximate surface area is 169 Å². The van der Waals surface area contributed by atoms with Crippen molar-refractivity contribution in [3.8, 4) is 5.69 Å². The van der Waals surface area contributed by atoms with E-state index in [1.807, 2.05) is 18.4 Å². The highest BCUT2D eigenvalue weighted by Gasteiger charge is 2.24. The average molecular weight is 398 g/mol. The fourth-order valence-corrected chi connectivity index (χ4v) is 3.80. The van der Waals surface area contributed by atoms with Gasteiger partial charge in [-0.05, 0) is 48.7 Å². The van der Waals surface area contributed by atoms with Gasteiger partial charge in [0.25, 0.3) is 5.56 Å². The third-order valence-electron chi connectivity index (χ3n) is 3.91. The van der Waals surface area contributed by atoms with Crippen molar-refractivity contribution >= 4 is 24.0 Å². The lowest BCUT2D eigenvalue weighted by molar-refractivity contribution is 0.794. The number of hydrogen-bond acceptors (Lipinski definition) is 4. The molecule has 3 rings (SSSR count). The molecule has 2 aromatic rings. The van der Waals surface area contributed by atoms with Crippen LogP contribution >= 0.6 is 24.0 Å². The summed E-state index contributed by atoms with van der Waals surface area (Å²) in [7, 11) is 0. The van der Waals surface area contributed by atoms with Gasteiger partial charge in [-0.15, -0.1) is 0 Å². The highest BCUT2D eigenvalue weighted by Crippen LogP contribution is 2.36. The van der Waals surface area contributed by atoms with E-state index in [1.54, 1.807) is 30.6 Å². The molecule has 1 aliphatic heterocycles. The molecule has 27 heavy (non-hydrogen) atoms. The summed E-state index contributed by atoms with van der Waals surface area (Å²) in [6.07, 6.45) is 12.2. The Kier molecular flexibility index (Phi) is 7.76. The first-order valence-electron chi connectivity index (χ1n) is 8.60. The molecule has 0 bridgehead atoms. The van der Waals surface area contributed by atoms with E-state index < -0.39 is 0 Å². The lowest BCUT2D eigenvalue weighted by Gasteiger charge is -2.21. The lowest BCUT2D eigenvalue weighted by Crippen LogP contribution is -2.28. The van der Waals surface area contributed by atoms with Crippen molar-refractivity contribution in [2.45, 2.75) is 31.2 Å². The number of aromatic amines is 1. The molecule has 0 saturated heterocycles. The second-order valence-corrected chi connectivity index (χ2v) is 7.01. The van der Waals surface area contributed by atoms with Gasteiger partial charge in [-0.2, -0.15) is 0 Å². The van der Waals surface area contributed by atoms with Crippen LogP contribution in [0.3, 0.4) is 0 Å². The predicted molar refractivity (Wildman–Crippen MR) is 117 cm³/mol. The Morgan fingerprint density at radius 1 is 1.52 bits per heavy atom. The van der Waals surface area contributed by atoms with Crippen molar-refractivity contribution in [3.63, 3.8) is 0 Å². The molecule has 3 heterocycles. The maximum absolute atomic E-state index is 13.0. The molecule has 0 spiro atoms. The number of thioether (sulfide) groups is 1. The van der Waals surface area contributed by atoms with Crippen LogP contribution in [0, 0.1) is 4.77 Å². The molecule has 0 saturated carbocycles. The minimum Gasteiger partial charge on any atom is -0.326 e. The quantitative estimate of drug-likeness (QED) is 0.311. The van der Waals surface area contributed by atoms with E-state index in [9.17, 15) is 4.79 Å². The molecule has 6 heteroatoms. The monoisotopic (exact) mass is 397 g/mol. The van der Waals surface area contributed by atoms with Crippen molar-refractivity contribution in [1.82, 2.24) is 14.5 Å². The van der Waals surface area contributed by atoms with Crippen molar-refractivity contribution in [3.05, 3.63) is 93.7 Å². The number of hydrogen-bond donors (Lipinski definition) is 1. The number of fused-ring (bicyclic) bond motifs is 1. The van der Waals surface area contributed by atoms with Gasteiger partial charge < -0.3 is 4.98 Å². The van der Waals surface area contributed by atoms with Gasteiger partial charge in [0.15, 0.2) is 4.77 Å². The molecule has 0 aliphatic carbocycles. The van der Waals surface area contributed by atoms with Crippen molar-refractivity contribution in [2.75, 3.05) is 0 Å². The molecule has 1 aliphatic rings. The first-order valence-corrected chi connectivity index (χ1v) is 9.89. The molecule has 1 atom stereocenters. The smallest absolute Gasteiger partial charge is 0.264 e. The van der Waals surface area contributed by atoms with Crippen LogP contribution < -0.4 is 5.56 Å². The van der Waals surface area contributed by atoms with Crippen LogP contribution in [0.1, 0.15) is 31.7 Å². The summed E-state index contributed by atoms with van der Waals surface area (Å²) in [6.45, 7) is 11.9. The van der Waals surface area contributed by atoms with Crippen LogP contribution in [0.2, 0.25) is 0 Å². The molecule has 0 aromatic carbocycles. The van der Waals surface area contributed by atoms with Crippen LogP contribution in [-0.2, 0) is 0 Å². The largest absolute Gasteiger partial charge is 0.326 e. The predicted octanol–water partition coefficient (Wildman–Crippen LogP) is 5.71. The van der Waals surface area contributed by atoms with Gasteiger partial charge in [-0.3, -0.25) is 14.3 Å². The summed E-state index contributed by atoms with van der Waals surface area (Å²) in [6, 6.07) is 3.57. The number of allylic oxidation sites excluding steroid dienone is 5. The SMILES string of the molecule is C/C=C\CC.C=CC(=C)C1C=CSc2[nH]c(=S)n(-c3cccnc3)c(=O)c21. The Hall–Kier alpha value is -2.44. The Bertz CT molecular complexity index is 985. The molecule has 0 amide bonds. The van der Waals surface area contributed by atoms with Gasteiger partial charge in [-0.25, -0.2) is 0 Å². The molecular weight excluding hydrogens is 374 g/mol. The fraction of sp³-hybridized carbons (Fsp3) is 0.190. The van der Waals surface area contributed by atoms with Crippen LogP contribution in [-0.4, -0.2) is 14.5 Å². The van der Waals surface area contributed by atoms with Gasteiger partial charge >= 0.3 is 0 Å². The van der Waals surface area contributed by atoms with Gasteiger partial charge in [0.2, 0.25) is 0 Å². The first-order chi connectivity index (χ1) is 13.0. The molecule has 1 N–H and O–H groups in total. The van der Waals surface area contributed by atoms with E-state index in [2.05, 4.69) is 42.2 Å². The lowest BCUT2D eigenvalue weighted by atomic mass is 9.94. The van der Waals surface area contributed by atoms with E-state index in [-0.39, 0.29) is 11.5 Å². The van der Waals surface area contributed by atoms with Crippen molar-refractivity contribution in [1.29, 1.82) is 0 Å². The normalized spacial score (nSPS) is 15.0. The summed E-state index contributed by atoms with van der Waals surface area (Å²) in [5.41, 5.74) is 1.89. The first kappa shape index (κ1) is 20.9. The molecule has 2 aromatic heterocycles. The summed E-state index contributed by atoms with van der Waals surface area (Å²) >= 11 is 6.78. The van der Waals surface area contributed by atoms with E-state index in [0.717, 1.165) is 17.0 Å². The van der Waals surface area contributed by atoms with Gasteiger partial charge in [0.05, 0.1) is 22.5 Å². The highest BCUT2D eigenvalue weighted by atomic mass is 32.2. The zero-order valence-electron chi connectivity index (χ0n) is 15.5. The number of H-pyrrole nitrogens is 1. The van der Waals surface area contributed by atoms with Crippen molar-refractivity contribution in [2.24, 2.45) is 0 Å². The zero-order chi connectivity index (χ0) is 19.8. The Balaban J connectivity index is 0.000000465. The second kappa shape index (κ2) is 10.0. The van der Waals surface area contributed by atoms with Crippen LogP contribution in [0.4, 0.5) is 0 Å². The number of rotatable bonds is 4. The van der Waals surface area contributed by atoms with Gasteiger partial charge in [0.1, 0.15) is 0 Å². The molecule has 0 radical (unpaired) electrons. The number of aromatic nitrogens is 3. The highest BCUT2D eigenvalue weighted by molar-refractivity contribution is 8.02. The second-order valence-electron chi connectivity index (χ2n) is 5.71. The van der Waals surface area contributed by atoms with E-state index >= 15 is 0 Å². The minimum atomic E-state index is -0.198. The Morgan fingerprint density at radius 3 is 2.85 bits per heavy atom. The topological polar surface area (TPSA) is 50.7 Å². The minimum absolute atomic E-state index is 0.156. The van der Waals surface area contributed by atoms with E-state index in [1.165, 1.54) is 16.3 Å². The van der Waals surface area contributed by atoms with Crippen LogP contribution in [0.5, 0.6) is 0 Å². The summed E-state index contributed by atoms with van der Waals surface area (Å²) < 4.78 is 1.81. The maximum Gasteiger partial charge on any atom is 0.264 e. The molecule has 140 valence electrons. The average Bonchev–Trinajstić information content (AvgIpc) is 2.68. The number of nitrogens with one attached hydrogen (secondary N) is 1. The maximum atomic E-state index is 13.0. The van der Waals surface area contributed by atoms with Gasteiger partial charge in [0, 0.05) is 12.1 Å². The Morgan fingerprint density at radius 2 is 2.30 bits per heavy atom. The molecule has 4 nitrogen and oxygen atoms in total. The van der Waals surface area contributed by atoms with Gasteiger partial charge in [-0.1, -0.05) is 56.1 Å². The molecule has 0 fully saturated rings. The third-order valence-corrected chi connectivity index (χ3v) is 5.04. The van der Waals surface area contributed by atoms with Crippen LogP contribution in [0.25, 0.3) is 5.69 Å². The van der Waals surface area contributed by atoms with Crippen molar-refractivity contribution < 1.29 is 0 Å². The summed E-state index contributed by atoms with van der Waals surface area (Å²) in [5, 5.41) is 2.69. The zero-order valence-corrected chi connectivity index (χ0v) is 17.1. The van der Waals surface area contributed by atoms with E-state index in [4.69, 9.17) is 12.2 Å². The molecule has 1 unspecified atom stereocenters. The molecular formula is C21H23N3OS2.